The Hall–Kier alpha value is -0.920. The van der Waals surface area contributed by atoms with Gasteiger partial charge in [-0.15, -0.1) is 0 Å². The molecule has 0 aromatic rings. The highest BCUT2D eigenvalue weighted by Gasteiger charge is 2.01. The van der Waals surface area contributed by atoms with Crippen LogP contribution in [0.15, 0.2) is 12.2 Å². The van der Waals surface area contributed by atoms with Crippen molar-refractivity contribution in [1.29, 1.82) is 0 Å². The van der Waals surface area contributed by atoms with Gasteiger partial charge in [-0.25, -0.2) is 4.79 Å². The first-order valence-electron chi connectivity index (χ1n) is 3.26. The van der Waals surface area contributed by atoms with E-state index in [2.05, 4.69) is 16.8 Å². The van der Waals surface area contributed by atoms with Crippen molar-refractivity contribution >= 4 is 16.1 Å². The van der Waals surface area contributed by atoms with Gasteiger partial charge < -0.3 is 5.11 Å². The summed E-state index contributed by atoms with van der Waals surface area (Å²) in [5, 5.41) is 7.89. The zero-order valence-electron chi connectivity index (χ0n) is 7.48. The van der Waals surface area contributed by atoms with Crippen LogP contribution < -0.4 is 5.90 Å². The van der Waals surface area contributed by atoms with Crippen molar-refractivity contribution in [2.45, 2.75) is 13.8 Å². The first-order chi connectivity index (χ1) is 5.76. The molecule has 78 valence electrons. The normalized spacial score (nSPS) is 9.77. The molecule has 0 aliphatic heterocycles. The number of carboxylic acid groups (broad SMARTS) is 1. The number of carboxylic acids is 1. The molecule has 0 heterocycles. The van der Waals surface area contributed by atoms with E-state index in [4.69, 9.17) is 5.11 Å². The molecule has 0 saturated heterocycles. The minimum atomic E-state index is -3.38. The van der Waals surface area contributed by atoms with E-state index in [9.17, 15) is 13.2 Å². The highest BCUT2D eigenvalue weighted by atomic mass is 32.2. The average molecular weight is 211 g/mol. The van der Waals surface area contributed by atoms with Gasteiger partial charge in [-0.2, -0.15) is 18.6 Å². The van der Waals surface area contributed by atoms with Gasteiger partial charge in [0.1, 0.15) is 0 Å². The molecular weight excluding hydrogens is 198 g/mol. The van der Waals surface area contributed by atoms with E-state index < -0.39 is 16.1 Å². The van der Waals surface area contributed by atoms with Crippen LogP contribution >= 0.6 is 0 Å². The van der Waals surface area contributed by atoms with Gasteiger partial charge in [0.2, 0.25) is 0 Å². The van der Waals surface area contributed by atoms with E-state index in [-0.39, 0.29) is 11.3 Å². The monoisotopic (exact) mass is 211 g/mol. The summed E-state index contributed by atoms with van der Waals surface area (Å²) >= 11 is 0. The summed E-state index contributed by atoms with van der Waals surface area (Å²) in [5.41, 5.74) is 0.176. The van der Waals surface area contributed by atoms with Crippen molar-refractivity contribution in [3.8, 4) is 0 Å². The molecule has 0 aliphatic rings. The maximum Gasteiger partial charge on any atom is 0.330 e. The largest absolute Gasteiger partial charge is 0.478 e. The third-order valence-corrected chi connectivity index (χ3v) is 1.87. The Labute approximate surface area is 77.1 Å². The number of rotatable bonds is 3. The first kappa shape index (κ1) is 14.6. The molecule has 0 spiro atoms. The van der Waals surface area contributed by atoms with E-state index in [0.29, 0.717) is 0 Å². The Morgan fingerprint density at radius 2 is 1.92 bits per heavy atom. The molecule has 0 bridgehead atoms. The van der Waals surface area contributed by atoms with E-state index in [0.717, 1.165) is 0 Å². The van der Waals surface area contributed by atoms with Gasteiger partial charge in [-0.3, -0.25) is 0 Å². The molecule has 0 rings (SSSR count). The van der Waals surface area contributed by atoms with Gasteiger partial charge in [0, 0.05) is 5.57 Å². The quantitative estimate of drug-likeness (QED) is 0.497. The third kappa shape index (κ3) is 11.1. The lowest BCUT2D eigenvalue weighted by molar-refractivity contribution is -0.132. The lowest BCUT2D eigenvalue weighted by Gasteiger charge is -1.89. The SMILES string of the molecule is C=C(C)C(=O)O.CCS(=O)(=O)ON. The zero-order chi connectivity index (χ0) is 11.1. The number of aliphatic carboxylic acids is 1. The third-order valence-electron chi connectivity index (χ3n) is 0.865. The fourth-order valence-corrected chi connectivity index (χ4v) is 0.204. The molecule has 0 saturated carbocycles. The Balaban J connectivity index is 0. The highest BCUT2D eigenvalue weighted by molar-refractivity contribution is 7.86. The van der Waals surface area contributed by atoms with Crippen LogP contribution in [0.5, 0.6) is 0 Å². The molecule has 0 aromatic carbocycles. The predicted octanol–water partition coefficient (Wildman–Crippen LogP) is -0.126. The fraction of sp³-hybridized carbons (Fsp3) is 0.500. The molecule has 3 N–H and O–H groups in total. The van der Waals surface area contributed by atoms with Crippen LogP contribution in [0.3, 0.4) is 0 Å². The van der Waals surface area contributed by atoms with Crippen LogP contribution in [-0.4, -0.2) is 25.2 Å². The first-order valence-corrected chi connectivity index (χ1v) is 4.84. The van der Waals surface area contributed by atoms with Crippen LogP contribution in [0.1, 0.15) is 13.8 Å². The van der Waals surface area contributed by atoms with E-state index in [1.165, 1.54) is 13.8 Å². The van der Waals surface area contributed by atoms with Crippen molar-refractivity contribution in [3.63, 3.8) is 0 Å². The van der Waals surface area contributed by atoms with Gasteiger partial charge >= 0.3 is 5.97 Å². The lowest BCUT2D eigenvalue weighted by atomic mass is 10.4. The summed E-state index contributed by atoms with van der Waals surface area (Å²) in [5.74, 6) is 3.31. The summed E-state index contributed by atoms with van der Waals surface area (Å²) in [4.78, 5) is 9.60. The van der Waals surface area contributed by atoms with Gasteiger partial charge in [0.25, 0.3) is 10.1 Å². The highest BCUT2D eigenvalue weighted by Crippen LogP contribution is 1.82. The molecule has 0 fully saturated rings. The van der Waals surface area contributed by atoms with Gasteiger partial charge in [0.15, 0.2) is 0 Å². The minimum Gasteiger partial charge on any atom is -0.478 e. The molecule has 0 radical (unpaired) electrons. The van der Waals surface area contributed by atoms with Crippen molar-refractivity contribution in [1.82, 2.24) is 0 Å². The summed E-state index contributed by atoms with van der Waals surface area (Å²) in [6, 6.07) is 0. The second-order valence-corrected chi connectivity index (χ2v) is 3.91. The maximum absolute atomic E-state index is 10.0. The average Bonchev–Trinajstić information content (AvgIpc) is 2.05. The Morgan fingerprint density at radius 3 is 1.92 bits per heavy atom. The second-order valence-electron chi connectivity index (χ2n) is 2.03. The molecule has 0 unspecified atom stereocenters. The number of carbonyl (C=O) groups is 1. The lowest BCUT2D eigenvalue weighted by Crippen LogP contribution is -2.12. The van der Waals surface area contributed by atoms with Crippen molar-refractivity contribution in [2.75, 3.05) is 5.75 Å². The van der Waals surface area contributed by atoms with E-state index in [1.54, 1.807) is 0 Å². The number of hydrogen-bond donors (Lipinski definition) is 2. The molecule has 0 atom stereocenters. The summed E-state index contributed by atoms with van der Waals surface area (Å²) in [6.45, 7) is 6.05. The van der Waals surface area contributed by atoms with Crippen molar-refractivity contribution < 1.29 is 22.6 Å². The summed E-state index contributed by atoms with van der Waals surface area (Å²) in [6.07, 6.45) is 0. The Bertz CT molecular complexity index is 247. The summed E-state index contributed by atoms with van der Waals surface area (Å²) in [7, 11) is -3.38. The number of hydrogen-bond acceptors (Lipinski definition) is 5. The van der Waals surface area contributed by atoms with Crippen LogP contribution in [0.4, 0.5) is 0 Å². The summed E-state index contributed by atoms with van der Waals surface area (Å²) < 4.78 is 23.6. The van der Waals surface area contributed by atoms with Crippen LogP contribution in [-0.2, 0) is 19.2 Å². The van der Waals surface area contributed by atoms with E-state index >= 15 is 0 Å². The van der Waals surface area contributed by atoms with Crippen LogP contribution in [0.2, 0.25) is 0 Å². The Morgan fingerprint density at radius 1 is 1.62 bits per heavy atom. The van der Waals surface area contributed by atoms with Crippen molar-refractivity contribution in [3.05, 3.63) is 12.2 Å². The minimum absolute atomic E-state index is 0.0799. The topological polar surface area (TPSA) is 107 Å². The molecule has 7 heteroatoms. The second kappa shape index (κ2) is 6.58. The molecule has 0 aliphatic carbocycles. The zero-order valence-corrected chi connectivity index (χ0v) is 8.30. The maximum atomic E-state index is 10.0. The number of nitrogens with two attached hydrogens (primary N) is 1. The van der Waals surface area contributed by atoms with Gasteiger partial charge in [-0.05, 0) is 13.8 Å². The standard InChI is InChI=1S/C4H6O2.C2H7NO3S/c1-3(2)4(5)6;1-2-7(4,5)6-3/h1H2,2H3,(H,5,6);2-3H2,1H3. The fourth-order valence-electron chi connectivity index (χ4n) is 0.0680. The predicted molar refractivity (Wildman–Crippen MR) is 47.2 cm³/mol. The van der Waals surface area contributed by atoms with E-state index in [1.807, 2.05) is 0 Å². The van der Waals surface area contributed by atoms with Crippen molar-refractivity contribution in [2.24, 2.45) is 5.90 Å². The van der Waals surface area contributed by atoms with Crippen LogP contribution in [0.25, 0.3) is 0 Å². The molecule has 6 nitrogen and oxygen atoms in total. The smallest absolute Gasteiger partial charge is 0.330 e. The van der Waals surface area contributed by atoms with Gasteiger partial charge in [-0.1, -0.05) is 6.58 Å². The molecule has 0 amide bonds. The van der Waals surface area contributed by atoms with Crippen LogP contribution in [0, 0.1) is 0 Å². The molecular formula is C6H13NO5S. The molecule has 13 heavy (non-hydrogen) atoms. The Kier molecular flexibility index (Phi) is 7.39. The van der Waals surface area contributed by atoms with Gasteiger partial charge in [0.05, 0.1) is 5.75 Å². The molecule has 0 aromatic heterocycles.